The van der Waals surface area contributed by atoms with Crippen LogP contribution < -0.4 is 9.64 Å². The Morgan fingerprint density at radius 1 is 1.08 bits per heavy atom. The minimum Gasteiger partial charge on any atom is -0.467 e. The van der Waals surface area contributed by atoms with Crippen molar-refractivity contribution in [3.8, 4) is 11.8 Å². The predicted molar refractivity (Wildman–Crippen MR) is 134 cm³/mol. The maximum absolute atomic E-state index is 15.5. The van der Waals surface area contributed by atoms with E-state index in [-0.39, 0.29) is 18.0 Å². The van der Waals surface area contributed by atoms with E-state index in [0.717, 1.165) is 67.1 Å². The SMILES string of the molecule is COc1nc(N2CCO[C@H](C)C2)cc(-n2ncc3cc(C)c(C4CCN(C5COC5)CC4F)cc32)n1. The van der Waals surface area contributed by atoms with Crippen LogP contribution in [-0.2, 0) is 9.47 Å². The number of benzene rings is 1. The predicted octanol–water partition coefficient (Wildman–Crippen LogP) is 2.88. The average molecular weight is 497 g/mol. The number of alkyl halides is 1. The Morgan fingerprint density at radius 2 is 1.92 bits per heavy atom. The summed E-state index contributed by atoms with van der Waals surface area (Å²) in [4.78, 5) is 13.6. The van der Waals surface area contributed by atoms with Crippen LogP contribution in [0.1, 0.15) is 30.4 Å². The van der Waals surface area contributed by atoms with Gasteiger partial charge in [0.05, 0.1) is 50.8 Å². The third kappa shape index (κ3) is 4.31. The van der Waals surface area contributed by atoms with Gasteiger partial charge in [0.25, 0.3) is 0 Å². The topological polar surface area (TPSA) is 77.8 Å². The monoisotopic (exact) mass is 496 g/mol. The molecule has 3 atom stereocenters. The van der Waals surface area contributed by atoms with E-state index >= 15 is 4.39 Å². The highest BCUT2D eigenvalue weighted by molar-refractivity contribution is 5.82. The fourth-order valence-electron chi connectivity index (χ4n) is 5.62. The van der Waals surface area contributed by atoms with E-state index in [1.807, 2.05) is 16.9 Å². The Kier molecular flexibility index (Phi) is 6.27. The lowest BCUT2D eigenvalue weighted by molar-refractivity contribution is -0.0807. The van der Waals surface area contributed by atoms with Gasteiger partial charge in [-0.2, -0.15) is 15.1 Å². The number of halogens is 1. The first-order chi connectivity index (χ1) is 17.5. The molecule has 2 aromatic heterocycles. The van der Waals surface area contributed by atoms with E-state index in [1.54, 1.807) is 7.11 Å². The van der Waals surface area contributed by atoms with Gasteiger partial charge in [-0.3, -0.25) is 4.90 Å². The molecule has 3 fully saturated rings. The highest BCUT2D eigenvalue weighted by Crippen LogP contribution is 2.36. The number of aromatic nitrogens is 4. The Hall–Kier alpha value is -2.82. The molecular weight excluding hydrogens is 463 g/mol. The molecule has 0 bridgehead atoms. The van der Waals surface area contributed by atoms with Crippen LogP contribution in [0.3, 0.4) is 0 Å². The summed E-state index contributed by atoms with van der Waals surface area (Å²) in [6, 6.07) is 6.79. The van der Waals surface area contributed by atoms with E-state index in [1.165, 1.54) is 0 Å². The highest BCUT2D eigenvalue weighted by Gasteiger charge is 2.36. The standard InChI is InChI=1S/C26H33FN6O3/c1-16-8-18-11-28-33(25-10-24(29-26(30-25)34-3)32-6-7-36-17(2)12-32)23(18)9-21(16)20-4-5-31(13-22(20)27)19-14-35-15-19/h8-11,17,19-20,22H,4-7,12-15H2,1-3H3/t17-,20?,22?/m1/s1. The summed E-state index contributed by atoms with van der Waals surface area (Å²) in [7, 11) is 1.57. The van der Waals surface area contributed by atoms with Crippen LogP contribution in [0.15, 0.2) is 24.4 Å². The van der Waals surface area contributed by atoms with Gasteiger partial charge in [-0.05, 0) is 50.1 Å². The molecule has 9 nitrogen and oxygen atoms in total. The molecule has 0 N–H and O–H groups in total. The second kappa shape index (κ2) is 9.57. The molecule has 3 saturated heterocycles. The quantitative estimate of drug-likeness (QED) is 0.534. The first-order valence-corrected chi connectivity index (χ1v) is 12.7. The minimum atomic E-state index is -0.916. The van der Waals surface area contributed by atoms with Crippen molar-refractivity contribution >= 4 is 16.7 Å². The van der Waals surface area contributed by atoms with Crippen LogP contribution >= 0.6 is 0 Å². The van der Waals surface area contributed by atoms with Crippen LogP contribution in [0, 0.1) is 6.92 Å². The third-order valence-electron chi connectivity index (χ3n) is 7.71. The lowest BCUT2D eigenvalue weighted by atomic mass is 9.84. The van der Waals surface area contributed by atoms with Gasteiger partial charge in [0.15, 0.2) is 5.82 Å². The smallest absolute Gasteiger partial charge is 0.320 e. The molecule has 3 aromatic rings. The molecule has 2 unspecified atom stereocenters. The summed E-state index contributed by atoms with van der Waals surface area (Å²) in [5.74, 6) is 1.26. The fraction of sp³-hybridized carbons (Fsp3) is 0.577. The van der Waals surface area contributed by atoms with Gasteiger partial charge in [-0.15, -0.1) is 0 Å². The van der Waals surface area contributed by atoms with Crippen molar-refractivity contribution in [3.05, 3.63) is 35.5 Å². The molecule has 36 heavy (non-hydrogen) atoms. The first-order valence-electron chi connectivity index (χ1n) is 12.7. The Balaban J connectivity index is 1.34. The van der Waals surface area contributed by atoms with Gasteiger partial charge >= 0.3 is 6.01 Å². The minimum absolute atomic E-state index is 0.121. The van der Waals surface area contributed by atoms with Crippen LogP contribution in [0.4, 0.5) is 10.2 Å². The second-order valence-electron chi connectivity index (χ2n) is 10.1. The number of piperidine rings is 1. The number of methoxy groups -OCH3 is 1. The van der Waals surface area contributed by atoms with Gasteiger partial charge in [-0.25, -0.2) is 9.07 Å². The van der Waals surface area contributed by atoms with Gasteiger partial charge in [0, 0.05) is 37.0 Å². The van der Waals surface area contributed by atoms with Crippen molar-refractivity contribution in [2.24, 2.45) is 0 Å². The summed E-state index contributed by atoms with van der Waals surface area (Å²) >= 11 is 0. The van der Waals surface area contributed by atoms with E-state index in [2.05, 4.69) is 50.8 Å². The first kappa shape index (κ1) is 23.6. The molecule has 0 spiro atoms. The Morgan fingerprint density at radius 3 is 2.64 bits per heavy atom. The maximum Gasteiger partial charge on any atom is 0.320 e. The molecule has 0 radical (unpaired) electrons. The number of aryl methyl sites for hydroxylation is 1. The number of rotatable bonds is 5. The van der Waals surface area contributed by atoms with E-state index in [0.29, 0.717) is 25.0 Å². The Labute approximate surface area is 210 Å². The molecule has 0 saturated carbocycles. The summed E-state index contributed by atoms with van der Waals surface area (Å²) in [5, 5.41) is 5.65. The zero-order valence-electron chi connectivity index (χ0n) is 21.1. The van der Waals surface area contributed by atoms with Crippen molar-refractivity contribution < 1.29 is 18.6 Å². The van der Waals surface area contributed by atoms with Gasteiger partial charge < -0.3 is 19.1 Å². The molecule has 3 aliphatic rings. The third-order valence-corrected chi connectivity index (χ3v) is 7.71. The van der Waals surface area contributed by atoms with Gasteiger partial charge in [-0.1, -0.05) is 0 Å². The maximum atomic E-state index is 15.5. The summed E-state index contributed by atoms with van der Waals surface area (Å²) in [6.45, 7) is 9.04. The molecule has 3 aliphatic heterocycles. The molecule has 10 heteroatoms. The van der Waals surface area contributed by atoms with E-state index < -0.39 is 6.17 Å². The highest BCUT2D eigenvalue weighted by atomic mass is 19.1. The number of ether oxygens (including phenoxy) is 3. The number of nitrogens with zero attached hydrogens (tertiary/aromatic N) is 6. The zero-order chi connectivity index (χ0) is 24.8. The lowest BCUT2D eigenvalue weighted by Gasteiger charge is -2.43. The van der Waals surface area contributed by atoms with Crippen molar-refractivity contribution in [2.75, 3.05) is 58.0 Å². The van der Waals surface area contributed by atoms with Crippen molar-refractivity contribution in [3.63, 3.8) is 0 Å². The number of fused-ring (bicyclic) bond motifs is 1. The van der Waals surface area contributed by atoms with Crippen molar-refractivity contribution in [1.29, 1.82) is 0 Å². The number of hydrogen-bond donors (Lipinski definition) is 0. The molecule has 0 amide bonds. The van der Waals surface area contributed by atoms with Crippen LogP contribution in [-0.4, -0.2) is 96.1 Å². The second-order valence-corrected chi connectivity index (χ2v) is 10.1. The van der Waals surface area contributed by atoms with Crippen LogP contribution in [0.5, 0.6) is 6.01 Å². The van der Waals surface area contributed by atoms with Crippen molar-refractivity contribution in [1.82, 2.24) is 24.6 Å². The number of morpholine rings is 1. The normalized spacial score (nSPS) is 25.8. The fourth-order valence-corrected chi connectivity index (χ4v) is 5.62. The zero-order valence-corrected chi connectivity index (χ0v) is 21.1. The molecule has 0 aliphatic carbocycles. The summed E-state index contributed by atoms with van der Waals surface area (Å²) < 4.78 is 33.7. The molecular formula is C26H33FN6O3. The van der Waals surface area contributed by atoms with E-state index in [9.17, 15) is 0 Å². The lowest BCUT2D eigenvalue weighted by Crippen LogP contribution is -2.54. The Bertz CT molecular complexity index is 1250. The molecule has 6 rings (SSSR count). The number of hydrogen-bond acceptors (Lipinski definition) is 8. The molecule has 192 valence electrons. The summed E-state index contributed by atoms with van der Waals surface area (Å²) in [6.07, 6.45) is 1.83. The molecule has 1 aromatic carbocycles. The van der Waals surface area contributed by atoms with Crippen LogP contribution in [0.2, 0.25) is 0 Å². The number of likely N-dealkylation sites (tertiary alicyclic amines) is 1. The van der Waals surface area contributed by atoms with Crippen LogP contribution in [0.25, 0.3) is 16.7 Å². The largest absolute Gasteiger partial charge is 0.467 e. The summed E-state index contributed by atoms with van der Waals surface area (Å²) in [5.41, 5.74) is 3.04. The van der Waals surface area contributed by atoms with Gasteiger partial charge in [0.1, 0.15) is 12.0 Å². The van der Waals surface area contributed by atoms with Gasteiger partial charge in [0.2, 0.25) is 0 Å². The van der Waals surface area contributed by atoms with Crippen molar-refractivity contribution in [2.45, 2.75) is 44.5 Å². The average Bonchev–Trinajstić information content (AvgIpc) is 3.25. The van der Waals surface area contributed by atoms with E-state index in [4.69, 9.17) is 14.2 Å². The molecule has 5 heterocycles. The number of anilines is 1.